The van der Waals surface area contributed by atoms with Crippen LogP contribution < -0.4 is 10.6 Å². The summed E-state index contributed by atoms with van der Waals surface area (Å²) in [6, 6.07) is -0.345. The van der Waals surface area contributed by atoms with Gasteiger partial charge in [-0.3, -0.25) is 9.59 Å². The molecule has 0 aromatic rings. The van der Waals surface area contributed by atoms with Gasteiger partial charge in [0.1, 0.15) is 6.04 Å². The van der Waals surface area contributed by atoms with Crippen LogP contribution in [0.15, 0.2) is 0 Å². The molecule has 4 heteroatoms. The van der Waals surface area contributed by atoms with Crippen LogP contribution in [0.5, 0.6) is 0 Å². The zero-order valence-electron chi connectivity index (χ0n) is 12.3. The maximum absolute atomic E-state index is 12.0. The molecule has 1 atom stereocenters. The molecule has 0 spiro atoms. The van der Waals surface area contributed by atoms with Gasteiger partial charge in [0.05, 0.1) is 0 Å². The van der Waals surface area contributed by atoms with Crippen molar-refractivity contribution in [1.29, 1.82) is 0 Å². The lowest BCUT2D eigenvalue weighted by Crippen LogP contribution is -2.48. The summed E-state index contributed by atoms with van der Waals surface area (Å²) in [5, 5.41) is 5.87. The van der Waals surface area contributed by atoms with E-state index < -0.39 is 0 Å². The molecule has 0 bridgehead atoms. The quantitative estimate of drug-likeness (QED) is 0.772. The van der Waals surface area contributed by atoms with Crippen molar-refractivity contribution in [2.75, 3.05) is 6.54 Å². The Morgan fingerprint density at radius 2 is 2.00 bits per heavy atom. The highest BCUT2D eigenvalue weighted by Gasteiger charge is 2.46. The molecule has 1 saturated heterocycles. The number of nitrogens with one attached hydrogen (secondary N) is 2. The number of hydrogen-bond acceptors (Lipinski definition) is 2. The summed E-state index contributed by atoms with van der Waals surface area (Å²) >= 11 is 0. The average Bonchev–Trinajstić information content (AvgIpc) is 3.06. The SMILES string of the molecule is CCC1(CC)CNC(=O)C1NC(=O)CCC1(C)CC1. The first-order valence-corrected chi connectivity index (χ1v) is 7.52. The normalized spacial score (nSPS) is 26.9. The molecule has 19 heavy (non-hydrogen) atoms. The molecule has 108 valence electrons. The maximum Gasteiger partial charge on any atom is 0.243 e. The zero-order valence-corrected chi connectivity index (χ0v) is 12.3. The highest BCUT2D eigenvalue weighted by molar-refractivity contribution is 5.90. The molecule has 1 heterocycles. The van der Waals surface area contributed by atoms with Crippen LogP contribution in [0.2, 0.25) is 0 Å². The summed E-state index contributed by atoms with van der Waals surface area (Å²) in [6.45, 7) is 7.09. The van der Waals surface area contributed by atoms with Crippen LogP contribution in [0, 0.1) is 10.8 Å². The predicted octanol–water partition coefficient (Wildman–Crippen LogP) is 1.99. The number of hydrogen-bond donors (Lipinski definition) is 2. The molecule has 0 aromatic heterocycles. The Morgan fingerprint density at radius 1 is 1.37 bits per heavy atom. The molecule has 4 nitrogen and oxygen atoms in total. The summed E-state index contributed by atoms with van der Waals surface area (Å²) in [6.07, 6.45) is 5.77. The van der Waals surface area contributed by atoms with Crippen molar-refractivity contribution in [2.45, 2.75) is 65.3 Å². The second-order valence-corrected chi connectivity index (χ2v) is 6.60. The Balaban J connectivity index is 1.91. The number of carbonyl (C=O) groups is 2. The molecule has 2 fully saturated rings. The van der Waals surface area contributed by atoms with Gasteiger partial charge in [-0.15, -0.1) is 0 Å². The molecule has 0 radical (unpaired) electrons. The third-order valence-electron chi connectivity index (χ3n) is 5.26. The standard InChI is InChI=1S/C15H26N2O2/c1-4-15(5-2)10-16-13(19)12(15)17-11(18)6-7-14(3)8-9-14/h12H,4-10H2,1-3H3,(H,16,19)(H,17,18). The van der Waals surface area contributed by atoms with Crippen molar-refractivity contribution in [2.24, 2.45) is 10.8 Å². The van der Waals surface area contributed by atoms with E-state index >= 15 is 0 Å². The lowest BCUT2D eigenvalue weighted by atomic mass is 9.77. The minimum atomic E-state index is -0.345. The molecule has 1 unspecified atom stereocenters. The number of rotatable bonds is 6. The maximum atomic E-state index is 12.0. The van der Waals surface area contributed by atoms with E-state index in [0.29, 0.717) is 18.4 Å². The molecule has 2 rings (SSSR count). The van der Waals surface area contributed by atoms with Gasteiger partial charge in [0.25, 0.3) is 0 Å². The third kappa shape index (κ3) is 2.93. The van der Waals surface area contributed by atoms with Gasteiger partial charge in [0.15, 0.2) is 0 Å². The van der Waals surface area contributed by atoms with E-state index in [-0.39, 0.29) is 23.3 Å². The van der Waals surface area contributed by atoms with Crippen LogP contribution in [0.3, 0.4) is 0 Å². The minimum absolute atomic E-state index is 0.0188. The number of carbonyl (C=O) groups excluding carboxylic acids is 2. The highest BCUT2D eigenvalue weighted by atomic mass is 16.2. The van der Waals surface area contributed by atoms with E-state index in [4.69, 9.17) is 0 Å². The molecule has 2 aliphatic rings. The second kappa shape index (κ2) is 5.14. The molecule has 1 aliphatic heterocycles. The summed E-state index contributed by atoms with van der Waals surface area (Å²) in [5.74, 6) is 0.0103. The summed E-state index contributed by atoms with van der Waals surface area (Å²) in [5.41, 5.74) is 0.290. The summed E-state index contributed by atoms with van der Waals surface area (Å²) in [7, 11) is 0. The first-order chi connectivity index (χ1) is 8.95. The third-order valence-corrected chi connectivity index (χ3v) is 5.26. The monoisotopic (exact) mass is 266 g/mol. The van der Waals surface area contributed by atoms with Crippen molar-refractivity contribution in [1.82, 2.24) is 10.6 Å². The molecular weight excluding hydrogens is 240 g/mol. The van der Waals surface area contributed by atoms with Crippen LogP contribution >= 0.6 is 0 Å². The molecule has 0 aromatic carbocycles. The van der Waals surface area contributed by atoms with E-state index in [1.54, 1.807) is 0 Å². The smallest absolute Gasteiger partial charge is 0.243 e. The molecule has 1 aliphatic carbocycles. The largest absolute Gasteiger partial charge is 0.354 e. The fourth-order valence-electron chi connectivity index (χ4n) is 2.98. The van der Waals surface area contributed by atoms with Gasteiger partial charge >= 0.3 is 0 Å². The van der Waals surface area contributed by atoms with Crippen LogP contribution in [0.4, 0.5) is 0 Å². The van der Waals surface area contributed by atoms with E-state index in [1.165, 1.54) is 12.8 Å². The van der Waals surface area contributed by atoms with Gasteiger partial charge in [0, 0.05) is 18.4 Å². The summed E-state index contributed by atoms with van der Waals surface area (Å²) < 4.78 is 0. The predicted molar refractivity (Wildman–Crippen MR) is 74.5 cm³/mol. The van der Waals surface area contributed by atoms with Crippen LogP contribution in [0.25, 0.3) is 0 Å². The lowest BCUT2D eigenvalue weighted by Gasteiger charge is -2.31. The van der Waals surface area contributed by atoms with Crippen molar-refractivity contribution in [3.8, 4) is 0 Å². The fraction of sp³-hybridized carbons (Fsp3) is 0.867. The van der Waals surface area contributed by atoms with Gasteiger partial charge in [-0.2, -0.15) is 0 Å². The first kappa shape index (κ1) is 14.4. The number of amides is 2. The van der Waals surface area contributed by atoms with Gasteiger partial charge in [-0.05, 0) is 37.5 Å². The van der Waals surface area contributed by atoms with E-state index in [1.807, 2.05) is 0 Å². The van der Waals surface area contributed by atoms with Crippen LogP contribution in [-0.4, -0.2) is 24.4 Å². The van der Waals surface area contributed by atoms with Crippen molar-refractivity contribution >= 4 is 11.8 Å². The van der Waals surface area contributed by atoms with Gasteiger partial charge in [0.2, 0.25) is 11.8 Å². The van der Waals surface area contributed by atoms with E-state index in [0.717, 1.165) is 19.3 Å². The molecule has 2 N–H and O–H groups in total. The highest BCUT2D eigenvalue weighted by Crippen LogP contribution is 2.48. The van der Waals surface area contributed by atoms with Gasteiger partial charge in [-0.25, -0.2) is 0 Å². The summed E-state index contributed by atoms with van der Waals surface area (Å²) in [4.78, 5) is 24.0. The topological polar surface area (TPSA) is 58.2 Å². The minimum Gasteiger partial charge on any atom is -0.354 e. The van der Waals surface area contributed by atoms with Gasteiger partial charge < -0.3 is 10.6 Å². The first-order valence-electron chi connectivity index (χ1n) is 7.52. The Morgan fingerprint density at radius 3 is 2.53 bits per heavy atom. The van der Waals surface area contributed by atoms with E-state index in [9.17, 15) is 9.59 Å². The average molecular weight is 266 g/mol. The van der Waals surface area contributed by atoms with Crippen LogP contribution in [-0.2, 0) is 9.59 Å². The van der Waals surface area contributed by atoms with Crippen LogP contribution in [0.1, 0.15) is 59.3 Å². The Bertz CT molecular complexity index is 370. The van der Waals surface area contributed by atoms with E-state index in [2.05, 4.69) is 31.4 Å². The lowest BCUT2D eigenvalue weighted by molar-refractivity contribution is -0.129. The Hall–Kier alpha value is -1.06. The van der Waals surface area contributed by atoms with Crippen molar-refractivity contribution in [3.05, 3.63) is 0 Å². The molecule has 2 amide bonds. The molecular formula is C15H26N2O2. The van der Waals surface area contributed by atoms with Crippen molar-refractivity contribution < 1.29 is 9.59 Å². The zero-order chi connectivity index (χ0) is 14.1. The van der Waals surface area contributed by atoms with Crippen molar-refractivity contribution in [3.63, 3.8) is 0 Å². The molecule has 1 saturated carbocycles. The second-order valence-electron chi connectivity index (χ2n) is 6.60. The Labute approximate surface area is 115 Å². The van der Waals surface area contributed by atoms with Gasteiger partial charge in [-0.1, -0.05) is 20.8 Å². The Kier molecular flexibility index (Phi) is 3.88. The fourth-order valence-corrected chi connectivity index (χ4v) is 2.98.